The summed E-state index contributed by atoms with van der Waals surface area (Å²) in [5.74, 6) is 0.997. The number of rotatable bonds is 10. The summed E-state index contributed by atoms with van der Waals surface area (Å²) in [5, 5.41) is 4.86. The number of hydrogen-bond donors (Lipinski definition) is 1. The first-order valence-corrected chi connectivity index (χ1v) is 11.2. The summed E-state index contributed by atoms with van der Waals surface area (Å²) in [7, 11) is 0. The molecule has 0 amide bonds. The number of nitrogens with one attached hydrogen (secondary N) is 1. The number of nitrogens with zero attached hydrogens (tertiary/aromatic N) is 2. The highest BCUT2D eigenvalue weighted by Gasteiger charge is 2.19. The van der Waals surface area contributed by atoms with Gasteiger partial charge in [0.2, 0.25) is 5.95 Å². The highest BCUT2D eigenvalue weighted by molar-refractivity contribution is 6.42. The van der Waals surface area contributed by atoms with Gasteiger partial charge in [-0.3, -0.25) is 0 Å². The van der Waals surface area contributed by atoms with Crippen molar-refractivity contribution in [1.29, 1.82) is 0 Å². The Balaban J connectivity index is 1.74. The molecule has 1 aromatic carbocycles. The van der Waals surface area contributed by atoms with Gasteiger partial charge in [0.1, 0.15) is 0 Å². The zero-order valence-corrected chi connectivity index (χ0v) is 17.8. The van der Waals surface area contributed by atoms with Crippen LogP contribution in [-0.2, 0) is 6.54 Å². The Hall–Kier alpha value is -1.19. The standard InChI is InChI=1S/C22H31Cl2N3/c1-2-3-4-5-6-9-14-27-21(17-12-13-19(23)20(24)15-17)16-25-22(27)26-18-10-7-8-11-18/h12-13,15-16,18H,2-11,14H2,1H3,(H,25,26). The minimum atomic E-state index is 0.553. The summed E-state index contributed by atoms with van der Waals surface area (Å²) in [6.45, 7) is 3.24. The van der Waals surface area contributed by atoms with Crippen LogP contribution < -0.4 is 5.32 Å². The first kappa shape index (κ1) is 20.5. The lowest BCUT2D eigenvalue weighted by atomic mass is 10.1. The van der Waals surface area contributed by atoms with Gasteiger partial charge in [0.05, 0.1) is 21.9 Å². The number of unbranched alkanes of at least 4 members (excludes halogenated alkanes) is 5. The summed E-state index contributed by atoms with van der Waals surface area (Å²) in [6, 6.07) is 6.39. The van der Waals surface area contributed by atoms with E-state index in [1.807, 2.05) is 24.4 Å². The molecule has 1 fully saturated rings. The second-order valence-corrected chi connectivity index (χ2v) is 8.46. The summed E-state index contributed by atoms with van der Waals surface area (Å²) in [4.78, 5) is 4.71. The summed E-state index contributed by atoms with van der Waals surface area (Å²) < 4.78 is 2.33. The van der Waals surface area contributed by atoms with Crippen LogP contribution in [0.1, 0.15) is 71.1 Å². The fourth-order valence-electron chi connectivity index (χ4n) is 3.91. The van der Waals surface area contributed by atoms with Crippen molar-refractivity contribution >= 4 is 29.2 Å². The smallest absolute Gasteiger partial charge is 0.203 e. The van der Waals surface area contributed by atoms with Crippen molar-refractivity contribution < 1.29 is 0 Å². The van der Waals surface area contributed by atoms with E-state index in [9.17, 15) is 0 Å². The van der Waals surface area contributed by atoms with Gasteiger partial charge in [0, 0.05) is 18.2 Å². The Morgan fingerprint density at radius 2 is 1.78 bits per heavy atom. The van der Waals surface area contributed by atoms with Gasteiger partial charge in [-0.25, -0.2) is 4.98 Å². The van der Waals surface area contributed by atoms with E-state index in [-0.39, 0.29) is 0 Å². The van der Waals surface area contributed by atoms with E-state index < -0.39 is 0 Å². The zero-order valence-electron chi connectivity index (χ0n) is 16.3. The van der Waals surface area contributed by atoms with Crippen molar-refractivity contribution in [3.63, 3.8) is 0 Å². The number of aromatic nitrogens is 2. The quantitative estimate of drug-likeness (QED) is 0.411. The lowest BCUT2D eigenvalue weighted by molar-refractivity contribution is 0.559. The van der Waals surface area contributed by atoms with Crippen molar-refractivity contribution in [2.75, 3.05) is 5.32 Å². The van der Waals surface area contributed by atoms with Crippen molar-refractivity contribution in [2.45, 2.75) is 83.7 Å². The van der Waals surface area contributed by atoms with Gasteiger partial charge in [-0.2, -0.15) is 0 Å². The van der Waals surface area contributed by atoms with E-state index in [1.54, 1.807) is 0 Å². The molecule has 0 atom stereocenters. The maximum absolute atomic E-state index is 6.26. The average molecular weight is 408 g/mol. The summed E-state index contributed by atoms with van der Waals surface area (Å²) >= 11 is 12.4. The number of anilines is 1. The monoisotopic (exact) mass is 407 g/mol. The molecule has 1 aromatic heterocycles. The average Bonchev–Trinajstić information content (AvgIpc) is 3.31. The molecular weight excluding hydrogens is 377 g/mol. The van der Waals surface area contributed by atoms with Crippen molar-refractivity contribution in [2.24, 2.45) is 0 Å². The van der Waals surface area contributed by atoms with Crippen LogP contribution in [-0.4, -0.2) is 15.6 Å². The predicted molar refractivity (Wildman–Crippen MR) is 117 cm³/mol. The van der Waals surface area contributed by atoms with E-state index in [4.69, 9.17) is 28.2 Å². The topological polar surface area (TPSA) is 29.9 Å². The molecule has 0 bridgehead atoms. The van der Waals surface area contributed by atoms with E-state index in [0.717, 1.165) is 23.8 Å². The first-order chi connectivity index (χ1) is 13.2. The van der Waals surface area contributed by atoms with Crippen molar-refractivity contribution in [3.8, 4) is 11.3 Å². The number of benzene rings is 1. The lowest BCUT2D eigenvalue weighted by Crippen LogP contribution is -2.18. The Morgan fingerprint density at radius 3 is 2.52 bits per heavy atom. The minimum Gasteiger partial charge on any atom is -0.353 e. The molecule has 3 rings (SSSR count). The SMILES string of the molecule is CCCCCCCCn1c(-c2ccc(Cl)c(Cl)c2)cnc1NC1CCCC1. The molecular formula is C22H31Cl2N3. The van der Waals surface area contributed by atoms with Crippen LogP contribution >= 0.6 is 23.2 Å². The normalized spacial score (nSPS) is 14.8. The Labute approximate surface area is 173 Å². The first-order valence-electron chi connectivity index (χ1n) is 10.5. The largest absolute Gasteiger partial charge is 0.353 e. The van der Waals surface area contributed by atoms with Crippen LogP contribution in [0.3, 0.4) is 0 Å². The third-order valence-electron chi connectivity index (χ3n) is 5.49. The Bertz CT molecular complexity index is 720. The third-order valence-corrected chi connectivity index (χ3v) is 6.23. The van der Waals surface area contributed by atoms with Crippen LogP contribution in [0.2, 0.25) is 10.0 Å². The van der Waals surface area contributed by atoms with Gasteiger partial charge in [0.25, 0.3) is 0 Å². The Morgan fingerprint density at radius 1 is 1.04 bits per heavy atom. The summed E-state index contributed by atoms with van der Waals surface area (Å²) in [6.07, 6.45) is 14.8. The molecule has 1 aliphatic carbocycles. The molecule has 0 radical (unpaired) electrons. The van der Waals surface area contributed by atoms with E-state index in [1.165, 1.54) is 64.2 Å². The molecule has 2 aromatic rings. The van der Waals surface area contributed by atoms with E-state index in [0.29, 0.717) is 16.1 Å². The summed E-state index contributed by atoms with van der Waals surface area (Å²) in [5.41, 5.74) is 2.19. The van der Waals surface area contributed by atoms with Gasteiger partial charge in [-0.15, -0.1) is 0 Å². The van der Waals surface area contributed by atoms with Crippen LogP contribution in [0.4, 0.5) is 5.95 Å². The van der Waals surface area contributed by atoms with Gasteiger partial charge in [-0.1, -0.05) is 81.1 Å². The van der Waals surface area contributed by atoms with Crippen molar-refractivity contribution in [1.82, 2.24) is 9.55 Å². The fourth-order valence-corrected chi connectivity index (χ4v) is 4.20. The van der Waals surface area contributed by atoms with Gasteiger partial charge in [0.15, 0.2) is 0 Å². The second-order valence-electron chi connectivity index (χ2n) is 7.64. The predicted octanol–water partition coefficient (Wildman–Crippen LogP) is 7.57. The van der Waals surface area contributed by atoms with E-state index in [2.05, 4.69) is 16.8 Å². The van der Waals surface area contributed by atoms with Crippen molar-refractivity contribution in [3.05, 3.63) is 34.4 Å². The number of halogens is 2. The van der Waals surface area contributed by atoms with Crippen LogP contribution in [0, 0.1) is 0 Å². The molecule has 148 valence electrons. The lowest BCUT2D eigenvalue weighted by Gasteiger charge is -2.17. The maximum atomic E-state index is 6.26. The molecule has 0 unspecified atom stereocenters. The molecule has 0 spiro atoms. The fraction of sp³-hybridized carbons (Fsp3) is 0.591. The molecule has 1 aliphatic rings. The highest BCUT2D eigenvalue weighted by atomic mass is 35.5. The van der Waals surface area contributed by atoms with Gasteiger partial charge in [-0.05, 0) is 31.4 Å². The third kappa shape index (κ3) is 5.65. The van der Waals surface area contributed by atoms with Crippen LogP contribution in [0.25, 0.3) is 11.3 Å². The number of imidazole rings is 1. The van der Waals surface area contributed by atoms with Gasteiger partial charge >= 0.3 is 0 Å². The number of hydrogen-bond acceptors (Lipinski definition) is 2. The minimum absolute atomic E-state index is 0.553. The zero-order chi connectivity index (χ0) is 19.1. The molecule has 0 saturated heterocycles. The Kier molecular flexibility index (Phi) is 7.90. The van der Waals surface area contributed by atoms with Crippen LogP contribution in [0.5, 0.6) is 0 Å². The molecule has 5 heteroatoms. The molecule has 1 heterocycles. The maximum Gasteiger partial charge on any atom is 0.203 e. The molecule has 0 aliphatic heterocycles. The van der Waals surface area contributed by atoms with Crippen LogP contribution in [0.15, 0.2) is 24.4 Å². The molecule has 3 nitrogen and oxygen atoms in total. The molecule has 1 saturated carbocycles. The van der Waals surface area contributed by atoms with E-state index >= 15 is 0 Å². The highest BCUT2D eigenvalue weighted by Crippen LogP contribution is 2.31. The molecule has 27 heavy (non-hydrogen) atoms. The second kappa shape index (κ2) is 10.4. The van der Waals surface area contributed by atoms with Gasteiger partial charge < -0.3 is 9.88 Å². The molecule has 1 N–H and O–H groups in total.